The fraction of sp³-hybridized carbons (Fsp3) is 0.571. The molecular formula is C14H21N5O. The van der Waals surface area contributed by atoms with Crippen molar-refractivity contribution in [1.29, 1.82) is 0 Å². The van der Waals surface area contributed by atoms with E-state index < -0.39 is 0 Å². The molecule has 2 aromatic rings. The van der Waals surface area contributed by atoms with Crippen LogP contribution in [0.15, 0.2) is 18.7 Å². The van der Waals surface area contributed by atoms with Crippen molar-refractivity contribution in [2.45, 2.75) is 19.0 Å². The SMILES string of the molecule is COC[C@H]1CN(Cc2cnn(C)c2)Cc2ncn(C)c21. The molecule has 1 atom stereocenters. The van der Waals surface area contributed by atoms with Crippen LogP contribution in [-0.2, 0) is 31.9 Å². The summed E-state index contributed by atoms with van der Waals surface area (Å²) in [6.07, 6.45) is 5.90. The number of aromatic nitrogens is 4. The molecule has 0 bridgehead atoms. The Morgan fingerprint density at radius 2 is 2.25 bits per heavy atom. The summed E-state index contributed by atoms with van der Waals surface area (Å²) in [5.41, 5.74) is 3.72. The number of hydrogen-bond acceptors (Lipinski definition) is 4. The van der Waals surface area contributed by atoms with E-state index in [1.807, 2.05) is 24.3 Å². The molecule has 0 radical (unpaired) electrons. The molecule has 6 heteroatoms. The Kier molecular flexibility index (Phi) is 3.58. The number of aryl methyl sites for hydroxylation is 2. The van der Waals surface area contributed by atoms with E-state index in [0.717, 1.165) is 26.2 Å². The zero-order valence-corrected chi connectivity index (χ0v) is 12.3. The summed E-state index contributed by atoms with van der Waals surface area (Å²) < 4.78 is 9.35. The van der Waals surface area contributed by atoms with Crippen LogP contribution >= 0.6 is 0 Å². The van der Waals surface area contributed by atoms with Crippen molar-refractivity contribution in [2.75, 3.05) is 20.3 Å². The molecule has 2 aromatic heterocycles. The molecule has 0 saturated heterocycles. The Morgan fingerprint density at radius 3 is 2.95 bits per heavy atom. The number of methoxy groups -OCH3 is 1. The van der Waals surface area contributed by atoms with Gasteiger partial charge in [-0.1, -0.05) is 0 Å². The van der Waals surface area contributed by atoms with E-state index in [1.165, 1.54) is 17.0 Å². The number of nitrogens with zero attached hydrogens (tertiary/aromatic N) is 5. The number of fused-ring (bicyclic) bond motifs is 1. The first kappa shape index (κ1) is 13.3. The monoisotopic (exact) mass is 275 g/mol. The molecule has 0 spiro atoms. The van der Waals surface area contributed by atoms with Crippen molar-refractivity contribution in [3.63, 3.8) is 0 Å². The zero-order valence-electron chi connectivity index (χ0n) is 12.3. The molecule has 1 aliphatic rings. The largest absolute Gasteiger partial charge is 0.384 e. The molecule has 20 heavy (non-hydrogen) atoms. The second kappa shape index (κ2) is 5.38. The van der Waals surface area contributed by atoms with E-state index in [9.17, 15) is 0 Å². The minimum Gasteiger partial charge on any atom is -0.384 e. The molecular weight excluding hydrogens is 254 g/mol. The van der Waals surface area contributed by atoms with Crippen LogP contribution in [0.25, 0.3) is 0 Å². The Balaban J connectivity index is 1.79. The number of rotatable bonds is 4. The van der Waals surface area contributed by atoms with Crippen molar-refractivity contribution >= 4 is 0 Å². The molecule has 3 rings (SSSR count). The number of hydrogen-bond donors (Lipinski definition) is 0. The van der Waals surface area contributed by atoms with Gasteiger partial charge in [0.15, 0.2) is 0 Å². The van der Waals surface area contributed by atoms with Gasteiger partial charge in [-0.25, -0.2) is 4.98 Å². The molecule has 0 fully saturated rings. The van der Waals surface area contributed by atoms with Crippen molar-refractivity contribution in [2.24, 2.45) is 14.1 Å². The summed E-state index contributed by atoms with van der Waals surface area (Å²) in [5, 5.41) is 4.23. The van der Waals surface area contributed by atoms with Gasteiger partial charge in [0.2, 0.25) is 0 Å². The van der Waals surface area contributed by atoms with E-state index in [1.54, 1.807) is 7.11 Å². The zero-order chi connectivity index (χ0) is 14.1. The highest BCUT2D eigenvalue weighted by atomic mass is 16.5. The Labute approximate surface area is 119 Å². The van der Waals surface area contributed by atoms with Crippen LogP contribution < -0.4 is 0 Å². The van der Waals surface area contributed by atoms with Gasteiger partial charge >= 0.3 is 0 Å². The first-order valence-corrected chi connectivity index (χ1v) is 6.86. The fourth-order valence-corrected chi connectivity index (χ4v) is 3.07. The summed E-state index contributed by atoms with van der Waals surface area (Å²) in [5.74, 6) is 0.382. The quantitative estimate of drug-likeness (QED) is 0.832. The van der Waals surface area contributed by atoms with E-state index in [2.05, 4.69) is 32.8 Å². The molecule has 0 saturated carbocycles. The van der Waals surface area contributed by atoms with Gasteiger partial charge in [0, 0.05) is 64.2 Å². The van der Waals surface area contributed by atoms with Crippen LogP contribution in [0.1, 0.15) is 22.9 Å². The van der Waals surface area contributed by atoms with Crippen LogP contribution in [-0.4, -0.2) is 44.5 Å². The van der Waals surface area contributed by atoms with Crippen molar-refractivity contribution in [3.8, 4) is 0 Å². The predicted molar refractivity (Wildman–Crippen MR) is 75.1 cm³/mol. The van der Waals surface area contributed by atoms with E-state index in [0.29, 0.717) is 5.92 Å². The minimum atomic E-state index is 0.382. The van der Waals surface area contributed by atoms with Crippen LogP contribution in [0.4, 0.5) is 0 Å². The van der Waals surface area contributed by atoms with Gasteiger partial charge in [-0.2, -0.15) is 5.10 Å². The highest BCUT2D eigenvalue weighted by molar-refractivity contribution is 5.22. The van der Waals surface area contributed by atoms with Crippen LogP contribution in [0.2, 0.25) is 0 Å². The van der Waals surface area contributed by atoms with E-state index in [4.69, 9.17) is 4.74 Å². The lowest BCUT2D eigenvalue weighted by Gasteiger charge is -2.32. The molecule has 108 valence electrons. The lowest BCUT2D eigenvalue weighted by Crippen LogP contribution is -2.35. The first-order chi connectivity index (χ1) is 9.67. The summed E-state index contributed by atoms with van der Waals surface area (Å²) in [4.78, 5) is 6.94. The Bertz CT molecular complexity index is 588. The van der Waals surface area contributed by atoms with Gasteiger partial charge in [-0.05, 0) is 0 Å². The molecule has 0 aliphatic carbocycles. The molecule has 3 heterocycles. The number of ether oxygens (including phenoxy) is 1. The molecule has 6 nitrogen and oxygen atoms in total. The van der Waals surface area contributed by atoms with Crippen molar-refractivity contribution < 1.29 is 4.74 Å². The van der Waals surface area contributed by atoms with Gasteiger partial charge < -0.3 is 9.30 Å². The highest BCUT2D eigenvalue weighted by Crippen LogP contribution is 2.28. The molecule has 1 aliphatic heterocycles. The Hall–Kier alpha value is -1.66. The molecule has 0 N–H and O–H groups in total. The topological polar surface area (TPSA) is 48.1 Å². The Morgan fingerprint density at radius 1 is 1.40 bits per heavy atom. The normalized spacial score (nSPS) is 19.2. The number of imidazole rings is 1. The first-order valence-electron chi connectivity index (χ1n) is 6.86. The van der Waals surface area contributed by atoms with Gasteiger partial charge in [0.25, 0.3) is 0 Å². The van der Waals surface area contributed by atoms with E-state index >= 15 is 0 Å². The third-order valence-electron chi connectivity index (χ3n) is 3.83. The van der Waals surface area contributed by atoms with Gasteiger partial charge in [0.1, 0.15) is 0 Å². The standard InChI is InChI=1S/C14H21N5O/c1-17-10-15-13-8-19(6-11-4-16-18(2)5-11)7-12(9-20-3)14(13)17/h4-5,10,12H,6-9H2,1-3H3/t12-/m1/s1. The smallest absolute Gasteiger partial charge is 0.0949 e. The summed E-state index contributed by atoms with van der Waals surface area (Å²) in [6.45, 7) is 3.53. The summed E-state index contributed by atoms with van der Waals surface area (Å²) in [7, 11) is 5.77. The summed E-state index contributed by atoms with van der Waals surface area (Å²) >= 11 is 0. The molecule has 0 aromatic carbocycles. The lowest BCUT2D eigenvalue weighted by atomic mass is 9.98. The van der Waals surface area contributed by atoms with Crippen LogP contribution in [0.3, 0.4) is 0 Å². The third-order valence-corrected chi connectivity index (χ3v) is 3.83. The third kappa shape index (κ3) is 2.48. The average molecular weight is 275 g/mol. The van der Waals surface area contributed by atoms with Crippen molar-refractivity contribution in [1.82, 2.24) is 24.2 Å². The maximum absolute atomic E-state index is 5.38. The minimum absolute atomic E-state index is 0.382. The van der Waals surface area contributed by atoms with Gasteiger partial charge in [-0.3, -0.25) is 9.58 Å². The second-order valence-electron chi connectivity index (χ2n) is 5.53. The fourth-order valence-electron chi connectivity index (χ4n) is 3.07. The van der Waals surface area contributed by atoms with Gasteiger partial charge in [-0.15, -0.1) is 0 Å². The van der Waals surface area contributed by atoms with Gasteiger partial charge in [0.05, 0.1) is 24.8 Å². The average Bonchev–Trinajstić information content (AvgIpc) is 2.97. The van der Waals surface area contributed by atoms with Crippen LogP contribution in [0, 0.1) is 0 Å². The maximum atomic E-state index is 5.38. The summed E-state index contributed by atoms with van der Waals surface area (Å²) in [6, 6.07) is 0. The second-order valence-corrected chi connectivity index (χ2v) is 5.53. The predicted octanol–water partition coefficient (Wildman–Crippen LogP) is 0.899. The van der Waals surface area contributed by atoms with E-state index in [-0.39, 0.29) is 0 Å². The maximum Gasteiger partial charge on any atom is 0.0949 e. The van der Waals surface area contributed by atoms with Crippen LogP contribution in [0.5, 0.6) is 0 Å². The molecule has 0 amide bonds. The molecule has 0 unspecified atom stereocenters. The van der Waals surface area contributed by atoms with Crippen molar-refractivity contribution in [3.05, 3.63) is 35.7 Å². The highest BCUT2D eigenvalue weighted by Gasteiger charge is 2.28. The lowest BCUT2D eigenvalue weighted by molar-refractivity contribution is 0.132.